The van der Waals surface area contributed by atoms with Crippen molar-refractivity contribution in [2.75, 3.05) is 44.9 Å². The van der Waals surface area contributed by atoms with E-state index in [1.54, 1.807) is 16.7 Å². The highest BCUT2D eigenvalue weighted by Crippen LogP contribution is 2.00. The lowest BCUT2D eigenvalue weighted by Crippen LogP contribution is -2.41. The lowest BCUT2D eigenvalue weighted by molar-refractivity contribution is 0.0289. The van der Waals surface area contributed by atoms with Gasteiger partial charge < -0.3 is 14.4 Å². The molecule has 13 heavy (non-hydrogen) atoms. The molecule has 1 aliphatic heterocycles. The first kappa shape index (κ1) is 10.7. The van der Waals surface area contributed by atoms with Crippen LogP contribution in [0.2, 0.25) is 0 Å². The van der Waals surface area contributed by atoms with E-state index in [1.165, 1.54) is 0 Å². The highest BCUT2D eigenvalue weighted by atomic mass is 32.2. The molecule has 0 N–H and O–H groups in total. The maximum atomic E-state index is 11.3. The van der Waals surface area contributed by atoms with Gasteiger partial charge in [-0.25, -0.2) is 4.79 Å². The van der Waals surface area contributed by atoms with Gasteiger partial charge in [0, 0.05) is 18.8 Å². The van der Waals surface area contributed by atoms with E-state index >= 15 is 0 Å². The predicted octanol–water partition coefficient (Wildman–Crippen LogP) is 0.818. The van der Waals surface area contributed by atoms with Gasteiger partial charge in [-0.1, -0.05) is 0 Å². The summed E-state index contributed by atoms with van der Waals surface area (Å²) in [6.45, 7) is 3.04. The molecule has 0 unspecified atom stereocenters. The van der Waals surface area contributed by atoms with Gasteiger partial charge in [0.25, 0.3) is 0 Å². The summed E-state index contributed by atoms with van der Waals surface area (Å²) in [6.07, 6.45) is 1.78. The van der Waals surface area contributed by atoms with E-state index < -0.39 is 0 Å². The molecular weight excluding hydrogens is 190 g/mol. The zero-order valence-corrected chi connectivity index (χ0v) is 8.64. The third-order valence-corrected chi connectivity index (χ3v) is 2.36. The van der Waals surface area contributed by atoms with E-state index in [1.807, 2.05) is 6.26 Å². The van der Waals surface area contributed by atoms with Gasteiger partial charge in [0.15, 0.2) is 0 Å². The number of amides is 1. The third-order valence-electron chi connectivity index (χ3n) is 1.78. The van der Waals surface area contributed by atoms with Crippen LogP contribution in [0.4, 0.5) is 4.79 Å². The molecular formula is C8H15NO3S. The average Bonchev–Trinajstić information content (AvgIpc) is 2.19. The van der Waals surface area contributed by atoms with Crippen molar-refractivity contribution in [1.82, 2.24) is 4.90 Å². The largest absolute Gasteiger partial charge is 0.449 e. The SMILES string of the molecule is CSCCOC(=O)N1CCOCC1. The molecule has 0 saturated carbocycles. The zero-order chi connectivity index (χ0) is 9.52. The fourth-order valence-electron chi connectivity index (χ4n) is 1.05. The van der Waals surface area contributed by atoms with Gasteiger partial charge >= 0.3 is 6.09 Å². The summed E-state index contributed by atoms with van der Waals surface area (Å²) in [4.78, 5) is 13.0. The Balaban J connectivity index is 2.13. The Kier molecular flexibility index (Phi) is 5.00. The van der Waals surface area contributed by atoms with Crippen molar-refractivity contribution in [2.45, 2.75) is 0 Å². The summed E-state index contributed by atoms with van der Waals surface area (Å²) < 4.78 is 10.2. The van der Waals surface area contributed by atoms with Crippen LogP contribution in [0.1, 0.15) is 0 Å². The molecule has 76 valence electrons. The van der Waals surface area contributed by atoms with Gasteiger partial charge in [0.2, 0.25) is 0 Å². The van der Waals surface area contributed by atoms with Gasteiger partial charge in [0.1, 0.15) is 6.61 Å². The summed E-state index contributed by atoms with van der Waals surface area (Å²) >= 11 is 1.67. The Labute approximate surface area is 82.6 Å². The quantitative estimate of drug-likeness (QED) is 0.639. The molecule has 1 saturated heterocycles. The minimum absolute atomic E-state index is 0.211. The van der Waals surface area contributed by atoms with Crippen LogP contribution >= 0.6 is 11.8 Å². The van der Waals surface area contributed by atoms with Crippen LogP contribution in [0, 0.1) is 0 Å². The molecule has 1 rings (SSSR count). The van der Waals surface area contributed by atoms with Gasteiger partial charge in [-0.3, -0.25) is 0 Å². The van der Waals surface area contributed by atoms with Crippen molar-refractivity contribution >= 4 is 17.9 Å². The molecule has 0 atom stereocenters. The smallest absolute Gasteiger partial charge is 0.409 e. The molecule has 5 heteroatoms. The summed E-state index contributed by atoms with van der Waals surface area (Å²) in [7, 11) is 0. The zero-order valence-electron chi connectivity index (χ0n) is 7.82. The minimum atomic E-state index is -0.211. The molecule has 0 spiro atoms. The van der Waals surface area contributed by atoms with Crippen LogP contribution in [0.25, 0.3) is 0 Å². The Morgan fingerprint density at radius 2 is 2.23 bits per heavy atom. The molecule has 1 fully saturated rings. The van der Waals surface area contributed by atoms with Crippen molar-refractivity contribution < 1.29 is 14.3 Å². The number of hydrogen-bond acceptors (Lipinski definition) is 4. The van der Waals surface area contributed by atoms with Crippen molar-refractivity contribution in [3.8, 4) is 0 Å². The third kappa shape index (κ3) is 3.87. The molecule has 1 amide bonds. The van der Waals surface area contributed by atoms with Crippen LogP contribution in [-0.4, -0.2) is 55.9 Å². The normalized spacial score (nSPS) is 17.2. The van der Waals surface area contributed by atoms with E-state index in [-0.39, 0.29) is 6.09 Å². The highest BCUT2D eigenvalue weighted by molar-refractivity contribution is 7.98. The molecule has 0 aromatic heterocycles. The Morgan fingerprint density at radius 3 is 2.85 bits per heavy atom. The molecule has 0 aromatic rings. The Bertz CT molecular complexity index is 159. The van der Waals surface area contributed by atoms with Crippen molar-refractivity contribution in [3.05, 3.63) is 0 Å². The summed E-state index contributed by atoms with van der Waals surface area (Å²) in [5.41, 5.74) is 0. The van der Waals surface area contributed by atoms with Crippen LogP contribution in [0.3, 0.4) is 0 Å². The molecule has 0 aliphatic carbocycles. The standard InChI is InChI=1S/C8H15NO3S/c1-13-7-6-12-8(10)9-2-4-11-5-3-9/h2-7H2,1H3. The topological polar surface area (TPSA) is 38.8 Å². The number of morpholine rings is 1. The van der Waals surface area contributed by atoms with Gasteiger partial charge in [-0.05, 0) is 6.26 Å². The lowest BCUT2D eigenvalue weighted by Gasteiger charge is -2.25. The van der Waals surface area contributed by atoms with Crippen LogP contribution < -0.4 is 0 Å². The van der Waals surface area contributed by atoms with E-state index in [4.69, 9.17) is 9.47 Å². The second kappa shape index (κ2) is 6.10. The molecule has 1 heterocycles. The monoisotopic (exact) mass is 205 g/mol. The number of nitrogens with zero attached hydrogens (tertiary/aromatic N) is 1. The second-order valence-corrected chi connectivity index (χ2v) is 3.69. The summed E-state index contributed by atoms with van der Waals surface area (Å²) in [6, 6.07) is 0. The van der Waals surface area contributed by atoms with Crippen molar-refractivity contribution in [2.24, 2.45) is 0 Å². The van der Waals surface area contributed by atoms with Crippen LogP contribution in [0.5, 0.6) is 0 Å². The number of ether oxygens (including phenoxy) is 2. The average molecular weight is 205 g/mol. The van der Waals surface area contributed by atoms with E-state index in [9.17, 15) is 4.79 Å². The maximum Gasteiger partial charge on any atom is 0.409 e. The number of hydrogen-bond donors (Lipinski definition) is 0. The van der Waals surface area contributed by atoms with Crippen LogP contribution in [0.15, 0.2) is 0 Å². The summed E-state index contributed by atoms with van der Waals surface area (Å²) in [5, 5.41) is 0. The van der Waals surface area contributed by atoms with E-state index in [2.05, 4.69) is 0 Å². The fourth-order valence-corrected chi connectivity index (χ4v) is 1.30. The maximum absolute atomic E-state index is 11.3. The number of carbonyl (C=O) groups is 1. The van der Waals surface area contributed by atoms with Gasteiger partial charge in [0.05, 0.1) is 13.2 Å². The Morgan fingerprint density at radius 1 is 1.54 bits per heavy atom. The van der Waals surface area contributed by atoms with Gasteiger partial charge in [-0.2, -0.15) is 11.8 Å². The fraction of sp³-hybridized carbons (Fsp3) is 0.875. The highest BCUT2D eigenvalue weighted by Gasteiger charge is 2.17. The second-order valence-electron chi connectivity index (χ2n) is 2.71. The van der Waals surface area contributed by atoms with E-state index in [0.29, 0.717) is 32.9 Å². The van der Waals surface area contributed by atoms with Crippen molar-refractivity contribution in [3.63, 3.8) is 0 Å². The molecule has 1 aliphatic rings. The van der Waals surface area contributed by atoms with Crippen molar-refractivity contribution in [1.29, 1.82) is 0 Å². The van der Waals surface area contributed by atoms with Crippen LogP contribution in [-0.2, 0) is 9.47 Å². The van der Waals surface area contributed by atoms with Gasteiger partial charge in [-0.15, -0.1) is 0 Å². The lowest BCUT2D eigenvalue weighted by atomic mass is 10.5. The summed E-state index contributed by atoms with van der Waals surface area (Å²) in [5.74, 6) is 0.857. The first-order chi connectivity index (χ1) is 6.34. The number of thioether (sulfide) groups is 1. The minimum Gasteiger partial charge on any atom is -0.449 e. The molecule has 4 nitrogen and oxygen atoms in total. The predicted molar refractivity (Wildman–Crippen MR) is 52.1 cm³/mol. The molecule has 0 radical (unpaired) electrons. The van der Waals surface area contributed by atoms with E-state index in [0.717, 1.165) is 5.75 Å². The number of rotatable bonds is 3. The first-order valence-electron chi connectivity index (χ1n) is 4.33. The molecule has 0 aromatic carbocycles. The first-order valence-corrected chi connectivity index (χ1v) is 5.72. The number of carbonyl (C=O) groups excluding carboxylic acids is 1. The Hall–Kier alpha value is -0.420. The molecule has 0 bridgehead atoms.